The molecular weight excluding hydrogens is 210 g/mol. The molecule has 0 amide bonds. The second kappa shape index (κ2) is 4.81. The lowest BCUT2D eigenvalue weighted by atomic mass is 9.73. The van der Waals surface area contributed by atoms with Crippen LogP contribution in [0.15, 0.2) is 12.5 Å². The summed E-state index contributed by atoms with van der Waals surface area (Å²) >= 11 is 0. The van der Waals surface area contributed by atoms with Crippen molar-refractivity contribution in [1.29, 1.82) is 0 Å². The summed E-state index contributed by atoms with van der Waals surface area (Å²) in [5.41, 5.74) is 7.57. The predicted octanol–water partition coefficient (Wildman–Crippen LogP) is 2.87. The zero-order chi connectivity index (χ0) is 12.5. The first kappa shape index (κ1) is 12.6. The van der Waals surface area contributed by atoms with Crippen LogP contribution in [0.4, 0.5) is 0 Å². The fraction of sp³-hybridized carbons (Fsp3) is 0.786. The van der Waals surface area contributed by atoms with Crippen LogP contribution >= 0.6 is 0 Å². The van der Waals surface area contributed by atoms with Gasteiger partial charge in [0.25, 0.3) is 0 Å². The monoisotopic (exact) mass is 235 g/mol. The van der Waals surface area contributed by atoms with Crippen molar-refractivity contribution in [3.8, 4) is 0 Å². The van der Waals surface area contributed by atoms with Gasteiger partial charge >= 0.3 is 0 Å². The summed E-state index contributed by atoms with van der Waals surface area (Å²) in [4.78, 5) is 4.35. The highest BCUT2D eigenvalue weighted by atomic mass is 15.1. The molecule has 0 radical (unpaired) electrons. The van der Waals surface area contributed by atoms with E-state index in [4.69, 9.17) is 5.73 Å². The Hall–Kier alpha value is -0.830. The second-order valence-electron chi connectivity index (χ2n) is 5.80. The minimum atomic E-state index is 0.106. The highest BCUT2D eigenvalue weighted by molar-refractivity contribution is 5.11. The van der Waals surface area contributed by atoms with E-state index in [1.165, 1.54) is 31.4 Å². The first-order valence-electron chi connectivity index (χ1n) is 6.84. The Kier molecular flexibility index (Phi) is 3.57. The van der Waals surface area contributed by atoms with Gasteiger partial charge in [-0.15, -0.1) is 0 Å². The van der Waals surface area contributed by atoms with Crippen LogP contribution in [0.1, 0.15) is 58.1 Å². The summed E-state index contributed by atoms with van der Waals surface area (Å²) in [5, 5.41) is 0. The van der Waals surface area contributed by atoms with Crippen molar-refractivity contribution in [2.45, 2.75) is 57.9 Å². The number of hydrogen-bond donors (Lipinski definition) is 1. The lowest BCUT2D eigenvalue weighted by molar-refractivity contribution is 0.120. The molecule has 1 fully saturated rings. The van der Waals surface area contributed by atoms with Gasteiger partial charge in [-0.3, -0.25) is 0 Å². The molecule has 17 heavy (non-hydrogen) atoms. The van der Waals surface area contributed by atoms with Gasteiger partial charge in [-0.25, -0.2) is 4.98 Å². The average Bonchev–Trinajstić information content (AvgIpc) is 2.79. The Morgan fingerprint density at radius 2 is 2.29 bits per heavy atom. The normalized spacial score (nSPS) is 29.8. The van der Waals surface area contributed by atoms with E-state index in [9.17, 15) is 0 Å². The molecule has 2 unspecified atom stereocenters. The quantitative estimate of drug-likeness (QED) is 0.875. The molecule has 1 aromatic heterocycles. The van der Waals surface area contributed by atoms with E-state index in [0.29, 0.717) is 11.8 Å². The van der Waals surface area contributed by atoms with Crippen LogP contribution in [-0.4, -0.2) is 16.1 Å². The minimum Gasteiger partial charge on any atom is -0.328 e. The Labute approximate surface area is 104 Å². The minimum absolute atomic E-state index is 0.106. The molecule has 0 spiro atoms. The van der Waals surface area contributed by atoms with Crippen LogP contribution in [0.25, 0.3) is 0 Å². The summed E-state index contributed by atoms with van der Waals surface area (Å²) in [6, 6.07) is 0. The maximum absolute atomic E-state index is 6.14. The smallest absolute Gasteiger partial charge is 0.0954 e. The van der Waals surface area contributed by atoms with E-state index in [0.717, 1.165) is 6.54 Å². The van der Waals surface area contributed by atoms with Gasteiger partial charge in [0.1, 0.15) is 0 Å². The van der Waals surface area contributed by atoms with Gasteiger partial charge in [0.05, 0.1) is 11.9 Å². The first-order valence-corrected chi connectivity index (χ1v) is 6.84. The van der Waals surface area contributed by atoms with E-state index >= 15 is 0 Å². The SMILES string of the molecule is CC(C)c1cncn1C1(CN)CCCCC1C. The van der Waals surface area contributed by atoms with Gasteiger partial charge in [-0.05, 0) is 24.7 Å². The zero-order valence-corrected chi connectivity index (χ0v) is 11.3. The Bertz CT molecular complexity index is 369. The number of nitrogens with zero attached hydrogens (tertiary/aromatic N) is 2. The maximum Gasteiger partial charge on any atom is 0.0954 e. The van der Waals surface area contributed by atoms with Gasteiger partial charge in [0.15, 0.2) is 0 Å². The second-order valence-corrected chi connectivity index (χ2v) is 5.80. The van der Waals surface area contributed by atoms with Crippen molar-refractivity contribution in [3.63, 3.8) is 0 Å². The van der Waals surface area contributed by atoms with E-state index < -0.39 is 0 Å². The summed E-state index contributed by atoms with van der Waals surface area (Å²) in [7, 11) is 0. The summed E-state index contributed by atoms with van der Waals surface area (Å²) in [5.74, 6) is 1.16. The van der Waals surface area contributed by atoms with Gasteiger partial charge in [-0.1, -0.05) is 33.6 Å². The van der Waals surface area contributed by atoms with Gasteiger partial charge in [0, 0.05) is 18.4 Å². The van der Waals surface area contributed by atoms with E-state index in [2.05, 4.69) is 30.3 Å². The predicted molar refractivity (Wildman–Crippen MR) is 71.0 cm³/mol. The molecule has 2 rings (SSSR count). The molecule has 0 saturated heterocycles. The summed E-state index contributed by atoms with van der Waals surface area (Å²) in [6.45, 7) is 7.52. The van der Waals surface area contributed by atoms with Crippen LogP contribution in [-0.2, 0) is 5.54 Å². The zero-order valence-electron chi connectivity index (χ0n) is 11.3. The van der Waals surface area contributed by atoms with Crippen molar-refractivity contribution in [2.24, 2.45) is 11.7 Å². The van der Waals surface area contributed by atoms with E-state index in [-0.39, 0.29) is 5.54 Å². The fourth-order valence-electron chi connectivity index (χ4n) is 3.26. The van der Waals surface area contributed by atoms with Crippen LogP contribution in [0.2, 0.25) is 0 Å². The molecule has 2 N–H and O–H groups in total. The number of aromatic nitrogens is 2. The van der Waals surface area contributed by atoms with E-state index in [1.807, 2.05) is 12.5 Å². The number of rotatable bonds is 3. The number of nitrogens with two attached hydrogens (primary N) is 1. The molecule has 1 aromatic rings. The Morgan fingerprint density at radius 1 is 1.53 bits per heavy atom. The molecule has 2 atom stereocenters. The van der Waals surface area contributed by atoms with Crippen LogP contribution in [0.3, 0.4) is 0 Å². The lowest BCUT2D eigenvalue weighted by Gasteiger charge is -2.44. The Balaban J connectivity index is 2.42. The van der Waals surface area contributed by atoms with Crippen molar-refractivity contribution >= 4 is 0 Å². The van der Waals surface area contributed by atoms with Gasteiger partial charge in [0.2, 0.25) is 0 Å². The van der Waals surface area contributed by atoms with Crippen molar-refractivity contribution in [2.75, 3.05) is 6.54 Å². The number of hydrogen-bond acceptors (Lipinski definition) is 2. The largest absolute Gasteiger partial charge is 0.328 e. The first-order chi connectivity index (χ1) is 8.12. The molecule has 3 heteroatoms. The lowest BCUT2D eigenvalue weighted by Crippen LogP contribution is -2.48. The molecule has 1 aliphatic rings. The molecule has 1 heterocycles. The third-order valence-electron chi connectivity index (χ3n) is 4.51. The molecule has 0 aliphatic heterocycles. The molecule has 3 nitrogen and oxygen atoms in total. The third kappa shape index (κ3) is 2.01. The average molecular weight is 235 g/mol. The molecule has 96 valence electrons. The molecular formula is C14H25N3. The molecule has 0 bridgehead atoms. The van der Waals surface area contributed by atoms with Crippen LogP contribution < -0.4 is 5.73 Å². The third-order valence-corrected chi connectivity index (χ3v) is 4.51. The summed E-state index contributed by atoms with van der Waals surface area (Å²) < 4.78 is 2.38. The Morgan fingerprint density at radius 3 is 2.88 bits per heavy atom. The van der Waals surface area contributed by atoms with Gasteiger partial charge in [-0.2, -0.15) is 0 Å². The molecule has 1 saturated carbocycles. The molecule has 1 aliphatic carbocycles. The molecule has 0 aromatic carbocycles. The van der Waals surface area contributed by atoms with Crippen molar-refractivity contribution in [1.82, 2.24) is 9.55 Å². The topological polar surface area (TPSA) is 43.8 Å². The summed E-state index contributed by atoms with van der Waals surface area (Å²) in [6.07, 6.45) is 9.10. The van der Waals surface area contributed by atoms with Crippen molar-refractivity contribution < 1.29 is 0 Å². The number of imidazole rings is 1. The maximum atomic E-state index is 6.14. The standard InChI is InChI=1S/C14H25N3/c1-11(2)13-8-16-10-17(13)14(9-15)7-5-4-6-12(14)3/h8,10-12H,4-7,9,15H2,1-3H3. The fourth-order valence-corrected chi connectivity index (χ4v) is 3.26. The highest BCUT2D eigenvalue weighted by Crippen LogP contribution is 2.40. The van der Waals surface area contributed by atoms with Crippen LogP contribution in [0.5, 0.6) is 0 Å². The van der Waals surface area contributed by atoms with E-state index in [1.54, 1.807) is 0 Å². The van der Waals surface area contributed by atoms with Gasteiger partial charge < -0.3 is 10.3 Å². The van der Waals surface area contributed by atoms with Crippen molar-refractivity contribution in [3.05, 3.63) is 18.2 Å². The van der Waals surface area contributed by atoms with Crippen LogP contribution in [0, 0.1) is 5.92 Å². The highest BCUT2D eigenvalue weighted by Gasteiger charge is 2.39.